The Hall–Kier alpha value is -1.27. The molecule has 0 unspecified atom stereocenters. The molecule has 0 N–H and O–H groups in total. The molecule has 0 saturated carbocycles. The van der Waals surface area contributed by atoms with Crippen LogP contribution in [-0.2, 0) is 0 Å². The molecule has 0 aromatic carbocycles. The van der Waals surface area contributed by atoms with Crippen LogP contribution in [0.5, 0.6) is 0 Å². The molecule has 0 radical (unpaired) electrons. The highest BCUT2D eigenvalue weighted by molar-refractivity contribution is 5.43. The second kappa shape index (κ2) is 7.54. The summed E-state index contributed by atoms with van der Waals surface area (Å²) >= 11 is 0. The zero-order chi connectivity index (χ0) is 17.9. The minimum atomic E-state index is 0.865. The van der Waals surface area contributed by atoms with Gasteiger partial charge in [-0.2, -0.15) is 0 Å². The van der Waals surface area contributed by atoms with Crippen LogP contribution in [-0.4, -0.2) is 68.3 Å². The normalized spacial score (nSPS) is 22.6. The smallest absolute Gasteiger partial charge is 0.338 e. The number of quaternary nitrogens is 2. The quantitative estimate of drug-likeness (QED) is 0.767. The molecular weight excluding hydrogens is 312 g/mol. The van der Waals surface area contributed by atoms with Crippen LogP contribution in [0.2, 0.25) is 0 Å². The van der Waals surface area contributed by atoms with Crippen LogP contribution >= 0.6 is 0 Å². The summed E-state index contributed by atoms with van der Waals surface area (Å²) in [4.78, 5) is 17.3. The molecule has 6 nitrogen and oxygen atoms in total. The third-order valence-corrected chi connectivity index (χ3v) is 6.22. The van der Waals surface area contributed by atoms with E-state index in [1.165, 1.54) is 38.5 Å². The molecule has 0 bridgehead atoms. The molecule has 0 aliphatic carbocycles. The van der Waals surface area contributed by atoms with Crippen molar-refractivity contribution in [2.45, 2.75) is 52.4 Å². The maximum atomic E-state index is 5.07. The summed E-state index contributed by atoms with van der Waals surface area (Å²) < 4.78 is 1.73. The fourth-order valence-corrected chi connectivity index (χ4v) is 4.29. The number of aromatic nitrogens is 3. The number of nitrogens with zero attached hydrogens (tertiary/aromatic N) is 6. The summed E-state index contributed by atoms with van der Waals surface area (Å²) in [5, 5.41) is 0. The molecule has 25 heavy (non-hydrogen) atoms. The van der Waals surface area contributed by atoms with Gasteiger partial charge in [0.15, 0.2) is 0 Å². The van der Waals surface area contributed by atoms with Crippen LogP contribution < -0.4 is 13.9 Å². The van der Waals surface area contributed by atoms with E-state index in [2.05, 4.69) is 32.8 Å². The predicted molar refractivity (Wildman–Crippen MR) is 106 cm³/mol. The van der Waals surface area contributed by atoms with E-state index < -0.39 is 0 Å². The van der Waals surface area contributed by atoms with Crippen molar-refractivity contribution < 1.29 is 0 Å². The summed E-state index contributed by atoms with van der Waals surface area (Å²) in [6, 6.07) is 0. The molecule has 0 atom stereocenters. The third kappa shape index (κ3) is 3.80. The van der Waals surface area contributed by atoms with Gasteiger partial charge in [0.25, 0.3) is 0 Å². The van der Waals surface area contributed by atoms with Gasteiger partial charge in [-0.3, -0.25) is 8.97 Å². The monoisotopic (exact) mass is 348 g/mol. The lowest BCUT2D eigenvalue weighted by molar-refractivity contribution is 0.245. The summed E-state index contributed by atoms with van der Waals surface area (Å²) in [5.41, 5.74) is 0. The molecule has 2 fully saturated rings. The molecule has 2 saturated heterocycles. The number of piperidine rings is 2. The molecular formula is C19H36N6+2. The van der Waals surface area contributed by atoms with Crippen molar-refractivity contribution >= 4 is 17.8 Å². The van der Waals surface area contributed by atoms with E-state index in [0.717, 1.165) is 66.1 Å². The summed E-state index contributed by atoms with van der Waals surface area (Å²) in [6.07, 6.45) is 7.74. The molecule has 0 amide bonds. The van der Waals surface area contributed by atoms with E-state index in [1.807, 2.05) is 0 Å². The van der Waals surface area contributed by atoms with E-state index in [4.69, 9.17) is 15.0 Å². The van der Waals surface area contributed by atoms with E-state index in [-0.39, 0.29) is 0 Å². The Labute approximate surface area is 153 Å². The molecule has 1 aromatic heterocycles. The van der Waals surface area contributed by atoms with Gasteiger partial charge in [-0.05, 0) is 52.4 Å². The Morgan fingerprint density at radius 1 is 0.680 bits per heavy atom. The molecule has 0 spiro atoms. The lowest BCUT2D eigenvalue weighted by atomic mass is 10.1. The third-order valence-electron chi connectivity index (χ3n) is 6.22. The van der Waals surface area contributed by atoms with Gasteiger partial charge in [-0.15, -0.1) is 15.0 Å². The van der Waals surface area contributed by atoms with Gasteiger partial charge in [0.1, 0.15) is 0 Å². The Morgan fingerprint density at radius 2 is 1.08 bits per heavy atom. The van der Waals surface area contributed by atoms with Crippen LogP contribution in [0.15, 0.2) is 0 Å². The van der Waals surface area contributed by atoms with Gasteiger partial charge in [-0.1, -0.05) is 0 Å². The van der Waals surface area contributed by atoms with Crippen molar-refractivity contribution in [2.24, 2.45) is 0 Å². The molecule has 6 heteroatoms. The zero-order valence-corrected chi connectivity index (χ0v) is 16.7. The molecule has 3 heterocycles. The van der Waals surface area contributed by atoms with Crippen molar-refractivity contribution in [1.82, 2.24) is 23.9 Å². The van der Waals surface area contributed by atoms with E-state index >= 15 is 0 Å². The minimum absolute atomic E-state index is 0.865. The van der Waals surface area contributed by atoms with Gasteiger partial charge in [0, 0.05) is 13.1 Å². The van der Waals surface area contributed by atoms with Crippen molar-refractivity contribution in [3.05, 3.63) is 0 Å². The fraction of sp³-hybridized carbons (Fsp3) is 0.842. The first-order valence-electron chi connectivity index (χ1n) is 10.2. The van der Waals surface area contributed by atoms with Crippen LogP contribution in [0.25, 0.3) is 0 Å². The molecule has 2 aliphatic rings. The maximum absolute atomic E-state index is 5.07. The highest BCUT2D eigenvalue weighted by Gasteiger charge is 2.37. The van der Waals surface area contributed by atoms with Gasteiger partial charge in [-0.25, -0.2) is 0 Å². The Bertz CT molecular complexity index is 529. The zero-order valence-electron chi connectivity index (χ0n) is 16.7. The van der Waals surface area contributed by atoms with Crippen molar-refractivity contribution in [2.75, 3.05) is 58.3 Å². The molecule has 2 aliphatic heterocycles. The topological polar surface area (TPSA) is 41.9 Å². The maximum Gasteiger partial charge on any atom is 0.338 e. The van der Waals surface area contributed by atoms with Crippen LogP contribution in [0.3, 0.4) is 0 Å². The first kappa shape index (κ1) is 18.5. The molecule has 3 rings (SSSR count). The summed E-state index contributed by atoms with van der Waals surface area (Å²) in [7, 11) is 4.61. The summed E-state index contributed by atoms with van der Waals surface area (Å²) in [6.45, 7) is 10.8. The number of rotatable bonds is 5. The first-order valence-corrected chi connectivity index (χ1v) is 10.2. The Kier molecular flexibility index (Phi) is 5.58. The first-order chi connectivity index (χ1) is 12.0. The van der Waals surface area contributed by atoms with Gasteiger partial charge < -0.3 is 4.90 Å². The van der Waals surface area contributed by atoms with Crippen molar-refractivity contribution in [3.8, 4) is 0 Å². The lowest BCUT2D eigenvalue weighted by Crippen LogP contribution is -2.53. The average Bonchev–Trinajstić information content (AvgIpc) is 2.64. The van der Waals surface area contributed by atoms with Gasteiger partial charge in [0.05, 0.1) is 40.3 Å². The fourth-order valence-electron chi connectivity index (χ4n) is 4.29. The van der Waals surface area contributed by atoms with Crippen LogP contribution in [0.1, 0.15) is 52.4 Å². The van der Waals surface area contributed by atoms with Crippen molar-refractivity contribution in [3.63, 3.8) is 0 Å². The minimum Gasteiger partial charge on any atom is -0.341 e. The van der Waals surface area contributed by atoms with Gasteiger partial charge in [0.2, 0.25) is 5.95 Å². The van der Waals surface area contributed by atoms with Gasteiger partial charge >= 0.3 is 11.9 Å². The molecule has 1 aromatic rings. The van der Waals surface area contributed by atoms with E-state index in [1.54, 1.807) is 0 Å². The highest BCUT2D eigenvalue weighted by Crippen LogP contribution is 2.30. The second-order valence-corrected chi connectivity index (χ2v) is 8.22. The number of likely N-dealkylation sites (tertiary alicyclic amines) is 2. The summed E-state index contributed by atoms with van der Waals surface area (Å²) in [5.74, 6) is 2.84. The predicted octanol–water partition coefficient (Wildman–Crippen LogP) is 2.96. The standard InChI is InChI=1S/C19H36N6/c1-5-23(6-2)17-20-18(24(3)13-9-7-10-14-24)22-19(21-17)25(4)15-11-8-12-16-25/h5-16H2,1-4H3/q+2. The van der Waals surface area contributed by atoms with Crippen molar-refractivity contribution in [1.29, 1.82) is 0 Å². The molecule has 140 valence electrons. The average molecular weight is 349 g/mol. The Balaban J connectivity index is 2.04. The number of anilines is 1. The van der Waals surface area contributed by atoms with Crippen LogP contribution in [0, 0.1) is 0 Å². The van der Waals surface area contributed by atoms with E-state index in [9.17, 15) is 0 Å². The largest absolute Gasteiger partial charge is 0.341 e. The number of hydrogen-bond acceptors (Lipinski definition) is 4. The van der Waals surface area contributed by atoms with Crippen LogP contribution in [0.4, 0.5) is 17.8 Å². The highest BCUT2D eigenvalue weighted by atomic mass is 15.5. The Morgan fingerprint density at radius 3 is 1.44 bits per heavy atom. The SMILES string of the molecule is CCN(CC)c1nc([N+]2(C)CCCCC2)nc([N+]2(C)CCCCC2)n1. The second-order valence-electron chi connectivity index (χ2n) is 8.22. The number of hydrogen-bond donors (Lipinski definition) is 0. The van der Waals surface area contributed by atoms with E-state index in [0.29, 0.717) is 0 Å². The lowest BCUT2D eigenvalue weighted by Gasteiger charge is -2.38.